The van der Waals surface area contributed by atoms with Crippen LogP contribution < -0.4 is 5.32 Å². The summed E-state index contributed by atoms with van der Waals surface area (Å²) in [5.74, 6) is 0.0222. The molecule has 0 saturated carbocycles. The normalized spacial score (nSPS) is 19.2. The van der Waals surface area contributed by atoms with Crippen molar-refractivity contribution < 1.29 is 17.9 Å². The summed E-state index contributed by atoms with van der Waals surface area (Å²) in [4.78, 5) is 6.05. The number of pyridine rings is 1. The van der Waals surface area contributed by atoms with Crippen molar-refractivity contribution in [2.45, 2.75) is 31.1 Å². The standard InChI is InChI=1S/C23H27N3O4S/c27-22(15-26-11-7-23(26)31(28,29)17-19-8-12-30-16-19)5-4-21-14-18(6-10-25-21)13-20-3-1-2-9-24-20/h1-2,5-8,10,12,14,16,20,24,27H,3-4,9,11,13,15,17H2. The van der Waals surface area contributed by atoms with Gasteiger partial charge in [0.2, 0.25) is 0 Å². The molecule has 31 heavy (non-hydrogen) atoms. The van der Waals surface area contributed by atoms with Crippen LogP contribution >= 0.6 is 0 Å². The molecule has 2 aliphatic rings. The average Bonchev–Trinajstić information content (AvgIpc) is 3.22. The molecular formula is C23H27N3O4S. The Kier molecular flexibility index (Phi) is 6.58. The molecule has 0 fully saturated rings. The molecule has 7 nitrogen and oxygen atoms in total. The van der Waals surface area contributed by atoms with E-state index in [1.165, 1.54) is 18.1 Å². The molecule has 2 aliphatic heterocycles. The number of hydrogen-bond donors (Lipinski definition) is 2. The van der Waals surface area contributed by atoms with E-state index < -0.39 is 9.84 Å². The molecule has 0 saturated heterocycles. The summed E-state index contributed by atoms with van der Waals surface area (Å²) < 4.78 is 30.1. The maximum atomic E-state index is 12.6. The minimum atomic E-state index is -3.46. The van der Waals surface area contributed by atoms with Crippen molar-refractivity contribution in [2.24, 2.45) is 0 Å². The average molecular weight is 442 g/mol. The third-order valence-electron chi connectivity index (χ3n) is 5.43. The van der Waals surface area contributed by atoms with Crippen LogP contribution in [-0.4, -0.2) is 49.1 Å². The Hall–Kier alpha value is -2.84. The molecule has 4 heterocycles. The molecule has 0 amide bonds. The number of rotatable bonds is 9. The lowest BCUT2D eigenvalue weighted by atomic mass is 10.0. The molecule has 8 heteroatoms. The van der Waals surface area contributed by atoms with Crippen molar-refractivity contribution in [2.75, 3.05) is 19.6 Å². The fourth-order valence-corrected chi connectivity index (χ4v) is 5.39. The molecule has 1 unspecified atom stereocenters. The van der Waals surface area contributed by atoms with Crippen LogP contribution in [0.3, 0.4) is 0 Å². The number of aromatic nitrogens is 1. The Morgan fingerprint density at radius 2 is 2.23 bits per heavy atom. The van der Waals surface area contributed by atoms with Crippen LogP contribution in [0.1, 0.15) is 23.2 Å². The lowest BCUT2D eigenvalue weighted by Crippen LogP contribution is -2.37. The van der Waals surface area contributed by atoms with Crippen molar-refractivity contribution in [1.82, 2.24) is 15.2 Å². The van der Waals surface area contributed by atoms with E-state index in [0.717, 1.165) is 25.1 Å². The molecular weight excluding hydrogens is 414 g/mol. The molecule has 0 bridgehead atoms. The largest absolute Gasteiger partial charge is 0.511 e. The Balaban J connectivity index is 1.31. The van der Waals surface area contributed by atoms with Crippen LogP contribution in [0.2, 0.25) is 0 Å². The number of sulfone groups is 1. The number of hydrogen-bond acceptors (Lipinski definition) is 7. The molecule has 1 atom stereocenters. The van der Waals surface area contributed by atoms with E-state index >= 15 is 0 Å². The zero-order valence-electron chi connectivity index (χ0n) is 17.3. The fraction of sp³-hybridized carbons (Fsp3) is 0.348. The van der Waals surface area contributed by atoms with Crippen molar-refractivity contribution in [3.05, 3.63) is 88.8 Å². The zero-order valence-corrected chi connectivity index (χ0v) is 18.1. The van der Waals surface area contributed by atoms with E-state index in [9.17, 15) is 13.5 Å². The molecule has 4 rings (SSSR count). The molecule has 0 aromatic carbocycles. The first-order chi connectivity index (χ1) is 15.0. The molecule has 164 valence electrons. The minimum absolute atomic E-state index is 0.112. The maximum Gasteiger partial charge on any atom is 0.197 e. The second kappa shape index (κ2) is 9.53. The third-order valence-corrected chi connectivity index (χ3v) is 7.20. The summed E-state index contributed by atoms with van der Waals surface area (Å²) in [5, 5.41) is 14.1. The van der Waals surface area contributed by atoms with Gasteiger partial charge < -0.3 is 19.7 Å². The topological polar surface area (TPSA) is 95.7 Å². The van der Waals surface area contributed by atoms with Crippen LogP contribution in [-0.2, 0) is 28.4 Å². The minimum Gasteiger partial charge on any atom is -0.511 e. The zero-order chi connectivity index (χ0) is 21.7. The highest BCUT2D eigenvalue weighted by molar-refractivity contribution is 7.94. The highest BCUT2D eigenvalue weighted by Crippen LogP contribution is 2.25. The van der Waals surface area contributed by atoms with E-state index in [0.29, 0.717) is 24.6 Å². The second-order valence-corrected chi connectivity index (χ2v) is 9.82. The van der Waals surface area contributed by atoms with Gasteiger partial charge in [0.15, 0.2) is 9.84 Å². The van der Waals surface area contributed by atoms with Gasteiger partial charge >= 0.3 is 0 Å². The molecule has 2 aromatic rings. The fourth-order valence-electron chi connectivity index (χ4n) is 3.78. The predicted molar refractivity (Wildman–Crippen MR) is 119 cm³/mol. The molecule has 2 N–H and O–H groups in total. The smallest absolute Gasteiger partial charge is 0.197 e. The number of aliphatic hydroxyl groups excluding tert-OH is 1. The Labute approximate surface area is 182 Å². The summed E-state index contributed by atoms with van der Waals surface area (Å²) >= 11 is 0. The van der Waals surface area contributed by atoms with Gasteiger partial charge in [-0.3, -0.25) is 4.98 Å². The Morgan fingerprint density at radius 3 is 2.94 bits per heavy atom. The first-order valence-corrected chi connectivity index (χ1v) is 12.0. The summed E-state index contributed by atoms with van der Waals surface area (Å²) in [5.41, 5.74) is 2.70. The van der Waals surface area contributed by atoms with Gasteiger partial charge in [-0.25, -0.2) is 8.42 Å². The molecule has 2 aromatic heterocycles. The predicted octanol–water partition coefficient (Wildman–Crippen LogP) is 2.89. The van der Waals surface area contributed by atoms with Gasteiger partial charge in [0, 0.05) is 43.0 Å². The van der Waals surface area contributed by atoms with Gasteiger partial charge in [0.25, 0.3) is 0 Å². The number of aliphatic hydroxyl groups is 1. The number of allylic oxidation sites excluding steroid dienone is 1. The monoisotopic (exact) mass is 441 g/mol. The lowest BCUT2D eigenvalue weighted by Gasteiger charge is -2.32. The first-order valence-electron chi connectivity index (χ1n) is 10.4. The summed E-state index contributed by atoms with van der Waals surface area (Å²) in [6.07, 6.45) is 14.9. The van der Waals surface area contributed by atoms with Crippen LogP contribution in [0.5, 0.6) is 0 Å². The number of nitrogens with zero attached hydrogens (tertiary/aromatic N) is 2. The first kappa shape index (κ1) is 21.4. The Morgan fingerprint density at radius 1 is 1.32 bits per heavy atom. The van der Waals surface area contributed by atoms with Gasteiger partial charge in [-0.1, -0.05) is 12.2 Å². The second-order valence-electron chi connectivity index (χ2n) is 7.88. The van der Waals surface area contributed by atoms with Gasteiger partial charge in [-0.15, -0.1) is 0 Å². The van der Waals surface area contributed by atoms with Crippen LogP contribution in [0.4, 0.5) is 0 Å². The van der Waals surface area contributed by atoms with Gasteiger partial charge in [0.05, 0.1) is 24.8 Å². The van der Waals surface area contributed by atoms with Gasteiger partial charge in [0.1, 0.15) is 10.8 Å². The van der Waals surface area contributed by atoms with Crippen LogP contribution in [0.15, 0.2) is 76.4 Å². The van der Waals surface area contributed by atoms with E-state index in [2.05, 4.69) is 28.5 Å². The summed E-state index contributed by atoms with van der Waals surface area (Å²) in [7, 11) is -3.46. The number of furan rings is 1. The van der Waals surface area contributed by atoms with Crippen molar-refractivity contribution in [3.8, 4) is 0 Å². The molecule has 0 spiro atoms. The summed E-state index contributed by atoms with van der Waals surface area (Å²) in [6.45, 7) is 1.56. The highest BCUT2D eigenvalue weighted by Gasteiger charge is 2.30. The van der Waals surface area contributed by atoms with E-state index in [1.54, 1.807) is 29.3 Å². The van der Waals surface area contributed by atoms with E-state index in [4.69, 9.17) is 4.42 Å². The van der Waals surface area contributed by atoms with E-state index in [1.807, 2.05) is 6.07 Å². The number of nitrogens with one attached hydrogen (secondary N) is 1. The van der Waals surface area contributed by atoms with Gasteiger partial charge in [-0.2, -0.15) is 0 Å². The van der Waals surface area contributed by atoms with Crippen molar-refractivity contribution in [1.29, 1.82) is 0 Å². The molecule has 0 radical (unpaired) electrons. The van der Waals surface area contributed by atoms with Crippen LogP contribution in [0, 0.1) is 0 Å². The summed E-state index contributed by atoms with van der Waals surface area (Å²) in [6, 6.07) is 6.16. The Bertz CT molecular complexity index is 1090. The van der Waals surface area contributed by atoms with Crippen molar-refractivity contribution >= 4 is 9.84 Å². The third kappa shape index (κ3) is 5.65. The van der Waals surface area contributed by atoms with E-state index in [-0.39, 0.29) is 23.1 Å². The maximum absolute atomic E-state index is 12.6. The highest BCUT2D eigenvalue weighted by atomic mass is 32.2. The lowest BCUT2D eigenvalue weighted by molar-refractivity contribution is 0.300. The van der Waals surface area contributed by atoms with Gasteiger partial charge in [-0.05, 0) is 48.8 Å². The van der Waals surface area contributed by atoms with Crippen LogP contribution in [0.25, 0.3) is 0 Å². The SMILES string of the molecule is O=S(=O)(Cc1ccoc1)C1=CCN1CC(O)=CCc1cc(CC2CC=CCN2)ccn1. The quantitative estimate of drug-likeness (QED) is 0.456. The molecule has 0 aliphatic carbocycles. The van der Waals surface area contributed by atoms with Crippen molar-refractivity contribution in [3.63, 3.8) is 0 Å².